The Hall–Kier alpha value is -1.01. The molecule has 2 atom stereocenters. The van der Waals surface area contributed by atoms with Gasteiger partial charge in [-0.2, -0.15) is 0 Å². The van der Waals surface area contributed by atoms with Crippen LogP contribution in [0.3, 0.4) is 0 Å². The van der Waals surface area contributed by atoms with E-state index in [2.05, 4.69) is 23.5 Å². The highest BCUT2D eigenvalue weighted by Crippen LogP contribution is 2.14. The molecule has 3 heteroatoms. The maximum absolute atomic E-state index is 11.7. The first-order chi connectivity index (χ1) is 7.25. The van der Waals surface area contributed by atoms with E-state index in [9.17, 15) is 4.79 Å². The number of nitrogens with one attached hydrogen (secondary N) is 2. The van der Waals surface area contributed by atoms with Crippen LogP contribution in [-0.2, 0) is 4.79 Å². The van der Waals surface area contributed by atoms with Crippen LogP contribution in [0, 0.1) is 18.3 Å². The van der Waals surface area contributed by atoms with Crippen LogP contribution in [0.25, 0.3) is 0 Å². The van der Waals surface area contributed by atoms with Gasteiger partial charge in [-0.1, -0.05) is 6.92 Å². The van der Waals surface area contributed by atoms with E-state index in [0.717, 1.165) is 38.8 Å². The molecule has 0 aromatic heterocycles. The molecule has 1 rings (SSSR count). The molecule has 2 N–H and O–H groups in total. The topological polar surface area (TPSA) is 41.1 Å². The molecule has 0 aliphatic carbocycles. The summed E-state index contributed by atoms with van der Waals surface area (Å²) in [4.78, 5) is 11.7. The molecule has 2 unspecified atom stereocenters. The number of unbranched alkanes of at least 4 members (excludes halogenated alkanes) is 2. The van der Waals surface area contributed by atoms with E-state index in [1.807, 2.05) is 0 Å². The zero-order valence-corrected chi connectivity index (χ0v) is 9.38. The Balaban J connectivity index is 2.11. The van der Waals surface area contributed by atoms with Gasteiger partial charge in [0.2, 0.25) is 5.91 Å². The molecule has 0 saturated carbocycles. The Kier molecular flexibility index (Phi) is 5.20. The summed E-state index contributed by atoms with van der Waals surface area (Å²) in [7, 11) is 0. The number of carbonyl (C=O) groups excluding carboxylic acids is 1. The number of carbonyl (C=O) groups is 1. The molecule has 0 aromatic rings. The van der Waals surface area contributed by atoms with Gasteiger partial charge in [0.15, 0.2) is 0 Å². The maximum atomic E-state index is 11.7. The summed E-state index contributed by atoms with van der Waals surface area (Å²) in [6.07, 6.45) is 8.99. The third kappa shape index (κ3) is 3.93. The SMILES string of the molecule is C#CCCCCNC(=O)C1NCCC1C. The fourth-order valence-corrected chi connectivity index (χ4v) is 1.86. The van der Waals surface area contributed by atoms with E-state index in [-0.39, 0.29) is 11.9 Å². The smallest absolute Gasteiger partial charge is 0.237 e. The summed E-state index contributed by atoms with van der Waals surface area (Å²) in [6, 6.07) is 0.0117. The second kappa shape index (κ2) is 6.47. The van der Waals surface area contributed by atoms with Crippen LogP contribution in [0.15, 0.2) is 0 Å². The van der Waals surface area contributed by atoms with Gasteiger partial charge in [0.25, 0.3) is 0 Å². The van der Waals surface area contributed by atoms with Crippen molar-refractivity contribution < 1.29 is 4.79 Å². The molecule has 1 heterocycles. The number of amides is 1. The molecule has 1 amide bonds. The van der Waals surface area contributed by atoms with E-state index < -0.39 is 0 Å². The number of hydrogen-bond acceptors (Lipinski definition) is 2. The van der Waals surface area contributed by atoms with Gasteiger partial charge < -0.3 is 10.6 Å². The van der Waals surface area contributed by atoms with Gasteiger partial charge in [-0.05, 0) is 31.7 Å². The minimum atomic E-state index is 0.0117. The van der Waals surface area contributed by atoms with E-state index >= 15 is 0 Å². The number of terminal acetylenes is 1. The fourth-order valence-electron chi connectivity index (χ4n) is 1.86. The molecule has 0 aromatic carbocycles. The van der Waals surface area contributed by atoms with Crippen molar-refractivity contribution in [2.75, 3.05) is 13.1 Å². The van der Waals surface area contributed by atoms with E-state index in [0.29, 0.717) is 5.92 Å². The molecule has 1 aliphatic rings. The van der Waals surface area contributed by atoms with E-state index in [1.165, 1.54) is 0 Å². The lowest BCUT2D eigenvalue weighted by molar-refractivity contribution is -0.123. The Morgan fingerprint density at radius 2 is 2.40 bits per heavy atom. The highest BCUT2D eigenvalue weighted by Gasteiger charge is 2.28. The van der Waals surface area contributed by atoms with Crippen molar-refractivity contribution in [1.82, 2.24) is 10.6 Å². The van der Waals surface area contributed by atoms with Crippen LogP contribution in [0.1, 0.15) is 32.6 Å². The van der Waals surface area contributed by atoms with Gasteiger partial charge >= 0.3 is 0 Å². The van der Waals surface area contributed by atoms with Crippen LogP contribution in [0.5, 0.6) is 0 Å². The maximum Gasteiger partial charge on any atom is 0.237 e. The second-order valence-electron chi connectivity index (χ2n) is 4.15. The summed E-state index contributed by atoms with van der Waals surface area (Å²) in [6.45, 7) is 3.81. The molecule has 0 spiro atoms. The van der Waals surface area contributed by atoms with Crippen molar-refractivity contribution in [2.24, 2.45) is 5.92 Å². The molecule has 1 aliphatic heterocycles. The van der Waals surface area contributed by atoms with Gasteiger partial charge in [-0.15, -0.1) is 12.3 Å². The van der Waals surface area contributed by atoms with Crippen molar-refractivity contribution >= 4 is 5.91 Å². The van der Waals surface area contributed by atoms with E-state index in [4.69, 9.17) is 6.42 Å². The van der Waals surface area contributed by atoms with Crippen LogP contribution in [-0.4, -0.2) is 25.0 Å². The molecule has 0 bridgehead atoms. The van der Waals surface area contributed by atoms with Crippen LogP contribution >= 0.6 is 0 Å². The monoisotopic (exact) mass is 208 g/mol. The van der Waals surface area contributed by atoms with Gasteiger partial charge in [-0.25, -0.2) is 0 Å². The van der Waals surface area contributed by atoms with Gasteiger partial charge in [0.05, 0.1) is 6.04 Å². The summed E-state index contributed by atoms with van der Waals surface area (Å²) in [5.74, 6) is 3.19. The van der Waals surface area contributed by atoms with Crippen molar-refractivity contribution in [3.8, 4) is 12.3 Å². The van der Waals surface area contributed by atoms with Crippen molar-refractivity contribution in [3.63, 3.8) is 0 Å². The molecular weight excluding hydrogens is 188 g/mol. The summed E-state index contributed by atoms with van der Waals surface area (Å²) < 4.78 is 0. The molecule has 84 valence electrons. The van der Waals surface area contributed by atoms with Crippen molar-refractivity contribution in [3.05, 3.63) is 0 Å². The largest absolute Gasteiger partial charge is 0.355 e. The van der Waals surface area contributed by atoms with E-state index in [1.54, 1.807) is 0 Å². The summed E-state index contributed by atoms with van der Waals surface area (Å²) >= 11 is 0. The third-order valence-electron chi connectivity index (χ3n) is 2.86. The Morgan fingerprint density at radius 1 is 1.60 bits per heavy atom. The highest BCUT2D eigenvalue weighted by atomic mass is 16.2. The van der Waals surface area contributed by atoms with Crippen molar-refractivity contribution in [1.29, 1.82) is 0 Å². The van der Waals surface area contributed by atoms with Gasteiger partial charge in [0, 0.05) is 13.0 Å². The van der Waals surface area contributed by atoms with Crippen LogP contribution < -0.4 is 10.6 Å². The molecule has 1 fully saturated rings. The lowest BCUT2D eigenvalue weighted by atomic mass is 10.0. The lowest BCUT2D eigenvalue weighted by Gasteiger charge is -2.15. The van der Waals surface area contributed by atoms with Gasteiger partial charge in [0.1, 0.15) is 0 Å². The fraction of sp³-hybridized carbons (Fsp3) is 0.750. The predicted molar refractivity (Wildman–Crippen MR) is 61.3 cm³/mol. The predicted octanol–water partition coefficient (Wildman–Crippen LogP) is 0.904. The Morgan fingerprint density at radius 3 is 3.00 bits per heavy atom. The third-order valence-corrected chi connectivity index (χ3v) is 2.86. The first-order valence-electron chi connectivity index (χ1n) is 5.70. The first kappa shape index (κ1) is 12.1. The quantitative estimate of drug-likeness (QED) is 0.521. The number of hydrogen-bond donors (Lipinski definition) is 2. The highest BCUT2D eigenvalue weighted by molar-refractivity contribution is 5.82. The molecule has 15 heavy (non-hydrogen) atoms. The minimum Gasteiger partial charge on any atom is -0.355 e. The second-order valence-corrected chi connectivity index (χ2v) is 4.15. The zero-order valence-electron chi connectivity index (χ0n) is 9.38. The van der Waals surface area contributed by atoms with Crippen LogP contribution in [0.2, 0.25) is 0 Å². The zero-order chi connectivity index (χ0) is 11.1. The molecule has 0 radical (unpaired) electrons. The van der Waals surface area contributed by atoms with Gasteiger partial charge in [-0.3, -0.25) is 4.79 Å². The minimum absolute atomic E-state index is 0.0117. The molecule has 1 saturated heterocycles. The Bertz CT molecular complexity index is 244. The standard InChI is InChI=1S/C12H20N2O/c1-3-4-5-6-8-14-12(15)11-10(2)7-9-13-11/h1,10-11,13H,4-9H2,2H3,(H,14,15). The van der Waals surface area contributed by atoms with Crippen molar-refractivity contribution in [2.45, 2.75) is 38.6 Å². The summed E-state index contributed by atoms with van der Waals surface area (Å²) in [5, 5.41) is 6.16. The molecular formula is C12H20N2O. The average Bonchev–Trinajstić information content (AvgIpc) is 2.64. The lowest BCUT2D eigenvalue weighted by Crippen LogP contribution is -2.43. The summed E-state index contributed by atoms with van der Waals surface area (Å²) in [5.41, 5.74) is 0. The first-order valence-corrected chi connectivity index (χ1v) is 5.70. The Labute approximate surface area is 92.0 Å². The van der Waals surface area contributed by atoms with Crippen LogP contribution in [0.4, 0.5) is 0 Å². The molecule has 3 nitrogen and oxygen atoms in total. The number of rotatable bonds is 5. The normalized spacial score (nSPS) is 24.8. The average molecular weight is 208 g/mol.